The lowest BCUT2D eigenvalue weighted by Crippen LogP contribution is -2.12. The Morgan fingerprint density at radius 3 is 2.29 bits per heavy atom. The molecular formula is C9H11ClO3S. The Kier molecular flexibility index (Phi) is 3.92. The predicted molar refractivity (Wildman–Crippen MR) is 56.0 cm³/mol. The van der Waals surface area contributed by atoms with Crippen LogP contribution in [0.25, 0.3) is 0 Å². The molecule has 78 valence electrons. The van der Waals surface area contributed by atoms with Crippen molar-refractivity contribution in [3.8, 4) is 0 Å². The summed E-state index contributed by atoms with van der Waals surface area (Å²) in [6.07, 6.45) is 0. The lowest BCUT2D eigenvalue weighted by molar-refractivity contribution is 0.319. The van der Waals surface area contributed by atoms with E-state index in [1.54, 1.807) is 24.3 Å². The smallest absolute Gasteiger partial charge is 0.156 e. The van der Waals surface area contributed by atoms with Crippen LogP contribution in [-0.2, 0) is 15.6 Å². The summed E-state index contributed by atoms with van der Waals surface area (Å²) in [4.78, 5) is 0. The molecule has 0 radical (unpaired) electrons. The molecule has 0 aliphatic rings. The second-order valence-electron chi connectivity index (χ2n) is 2.94. The molecule has 0 aromatic heterocycles. The maximum Gasteiger partial charge on any atom is 0.156 e. The fourth-order valence-corrected chi connectivity index (χ4v) is 2.29. The molecule has 1 N–H and O–H groups in total. The van der Waals surface area contributed by atoms with Crippen LogP contribution in [0.15, 0.2) is 24.3 Å². The van der Waals surface area contributed by atoms with Gasteiger partial charge >= 0.3 is 0 Å². The van der Waals surface area contributed by atoms with Crippen LogP contribution in [0.5, 0.6) is 0 Å². The van der Waals surface area contributed by atoms with Crippen molar-refractivity contribution in [2.45, 2.75) is 5.75 Å². The number of hydrogen-bond donors (Lipinski definition) is 1. The largest absolute Gasteiger partial charge is 0.395 e. The molecule has 0 aliphatic carbocycles. The van der Waals surface area contributed by atoms with Gasteiger partial charge in [0.15, 0.2) is 9.84 Å². The van der Waals surface area contributed by atoms with Gasteiger partial charge in [-0.2, -0.15) is 0 Å². The first-order valence-electron chi connectivity index (χ1n) is 4.09. The summed E-state index contributed by atoms with van der Waals surface area (Å²) in [5.74, 6) is -0.250. The standard InChI is InChI=1S/C9H11ClO3S/c10-9-3-1-8(2-4-9)7-14(12,13)6-5-11/h1-4,11H,5-7H2. The number of aliphatic hydroxyl groups excluding tert-OH is 1. The van der Waals surface area contributed by atoms with Crippen molar-refractivity contribution >= 4 is 21.4 Å². The highest BCUT2D eigenvalue weighted by molar-refractivity contribution is 7.90. The van der Waals surface area contributed by atoms with Crippen LogP contribution >= 0.6 is 11.6 Å². The van der Waals surface area contributed by atoms with E-state index < -0.39 is 9.84 Å². The highest BCUT2D eigenvalue weighted by Gasteiger charge is 2.10. The Labute approximate surface area is 88.2 Å². The highest BCUT2D eigenvalue weighted by atomic mass is 35.5. The maximum atomic E-state index is 11.3. The lowest BCUT2D eigenvalue weighted by atomic mass is 10.2. The molecule has 0 saturated heterocycles. The summed E-state index contributed by atoms with van der Waals surface area (Å²) in [6, 6.07) is 6.62. The van der Waals surface area contributed by atoms with Gasteiger partial charge in [-0.3, -0.25) is 0 Å². The van der Waals surface area contributed by atoms with Gasteiger partial charge in [-0.1, -0.05) is 23.7 Å². The Hall–Kier alpha value is -0.580. The zero-order valence-electron chi connectivity index (χ0n) is 7.48. The lowest BCUT2D eigenvalue weighted by Gasteiger charge is -2.02. The Morgan fingerprint density at radius 1 is 1.21 bits per heavy atom. The highest BCUT2D eigenvalue weighted by Crippen LogP contribution is 2.12. The minimum Gasteiger partial charge on any atom is -0.395 e. The van der Waals surface area contributed by atoms with Gasteiger partial charge in [-0.15, -0.1) is 0 Å². The van der Waals surface area contributed by atoms with Crippen LogP contribution in [0.1, 0.15) is 5.56 Å². The molecule has 0 spiro atoms. The molecule has 0 atom stereocenters. The molecule has 1 aromatic carbocycles. The van der Waals surface area contributed by atoms with Crippen molar-refractivity contribution < 1.29 is 13.5 Å². The van der Waals surface area contributed by atoms with Gasteiger partial charge in [0.25, 0.3) is 0 Å². The number of halogens is 1. The topological polar surface area (TPSA) is 54.4 Å². The summed E-state index contributed by atoms with van der Waals surface area (Å²) in [7, 11) is -3.19. The summed E-state index contributed by atoms with van der Waals surface area (Å²) in [5, 5.41) is 9.10. The Bertz CT molecular complexity index is 383. The van der Waals surface area contributed by atoms with Crippen LogP contribution in [-0.4, -0.2) is 25.9 Å². The summed E-state index contributed by atoms with van der Waals surface area (Å²) >= 11 is 5.65. The second kappa shape index (κ2) is 4.77. The number of sulfone groups is 1. The SMILES string of the molecule is O=S(=O)(CCO)Cc1ccc(Cl)cc1. The normalized spacial score (nSPS) is 11.6. The molecule has 0 heterocycles. The third-order valence-corrected chi connectivity index (χ3v) is 3.53. The maximum absolute atomic E-state index is 11.3. The van der Waals surface area contributed by atoms with Crippen LogP contribution < -0.4 is 0 Å². The minimum absolute atomic E-state index is 0.0509. The van der Waals surface area contributed by atoms with Gasteiger partial charge in [0.05, 0.1) is 18.1 Å². The summed E-state index contributed by atoms with van der Waals surface area (Å²) < 4.78 is 22.6. The zero-order chi connectivity index (χ0) is 10.6. The van der Waals surface area contributed by atoms with Crippen molar-refractivity contribution in [3.63, 3.8) is 0 Å². The van der Waals surface area contributed by atoms with Gasteiger partial charge in [-0.25, -0.2) is 8.42 Å². The van der Waals surface area contributed by atoms with E-state index in [9.17, 15) is 8.42 Å². The number of benzene rings is 1. The van der Waals surface area contributed by atoms with Gasteiger partial charge < -0.3 is 5.11 Å². The molecular weight excluding hydrogens is 224 g/mol. The van der Waals surface area contributed by atoms with E-state index in [1.165, 1.54) is 0 Å². The van der Waals surface area contributed by atoms with E-state index in [0.717, 1.165) is 0 Å². The Balaban J connectivity index is 2.74. The summed E-state index contributed by atoms with van der Waals surface area (Å²) in [5.41, 5.74) is 0.683. The van der Waals surface area contributed by atoms with Crippen molar-refractivity contribution in [3.05, 3.63) is 34.9 Å². The fourth-order valence-electron chi connectivity index (χ4n) is 1.05. The number of rotatable bonds is 4. The first-order valence-corrected chi connectivity index (χ1v) is 6.29. The molecule has 5 heteroatoms. The van der Waals surface area contributed by atoms with Gasteiger partial charge in [-0.05, 0) is 17.7 Å². The molecule has 1 aromatic rings. The third-order valence-electron chi connectivity index (χ3n) is 1.70. The minimum atomic E-state index is -3.19. The van der Waals surface area contributed by atoms with Crippen molar-refractivity contribution in [1.29, 1.82) is 0 Å². The molecule has 0 aliphatic heterocycles. The second-order valence-corrected chi connectivity index (χ2v) is 5.56. The predicted octanol–water partition coefficient (Wildman–Crippen LogP) is 1.25. The quantitative estimate of drug-likeness (QED) is 0.853. The van der Waals surface area contributed by atoms with E-state index in [1.807, 2.05) is 0 Å². The summed E-state index contributed by atoms with van der Waals surface area (Å²) in [6.45, 7) is -0.337. The van der Waals surface area contributed by atoms with E-state index in [2.05, 4.69) is 0 Å². The zero-order valence-corrected chi connectivity index (χ0v) is 9.05. The van der Waals surface area contributed by atoms with Gasteiger partial charge in [0.2, 0.25) is 0 Å². The first-order chi connectivity index (χ1) is 6.53. The Morgan fingerprint density at radius 2 is 1.79 bits per heavy atom. The van der Waals surface area contributed by atoms with Crippen molar-refractivity contribution in [2.75, 3.05) is 12.4 Å². The van der Waals surface area contributed by atoms with Crippen LogP contribution in [0.4, 0.5) is 0 Å². The molecule has 14 heavy (non-hydrogen) atoms. The monoisotopic (exact) mass is 234 g/mol. The molecule has 3 nitrogen and oxygen atoms in total. The first kappa shape index (κ1) is 11.5. The molecule has 0 saturated carbocycles. The fraction of sp³-hybridized carbons (Fsp3) is 0.333. The number of hydrogen-bond acceptors (Lipinski definition) is 3. The van der Waals surface area contributed by atoms with E-state index in [-0.39, 0.29) is 18.1 Å². The average molecular weight is 235 g/mol. The number of aliphatic hydroxyl groups is 1. The van der Waals surface area contributed by atoms with Gasteiger partial charge in [0.1, 0.15) is 0 Å². The van der Waals surface area contributed by atoms with Crippen molar-refractivity contribution in [2.24, 2.45) is 0 Å². The molecule has 0 unspecified atom stereocenters. The average Bonchev–Trinajstić information content (AvgIpc) is 2.08. The molecule has 0 fully saturated rings. The van der Waals surface area contributed by atoms with Gasteiger partial charge in [0, 0.05) is 5.02 Å². The van der Waals surface area contributed by atoms with Crippen LogP contribution in [0.3, 0.4) is 0 Å². The molecule has 0 bridgehead atoms. The third kappa shape index (κ3) is 3.65. The molecule has 0 amide bonds. The molecule has 1 rings (SSSR count). The van der Waals surface area contributed by atoms with Crippen LogP contribution in [0.2, 0.25) is 5.02 Å². The van der Waals surface area contributed by atoms with Crippen molar-refractivity contribution in [1.82, 2.24) is 0 Å². The van der Waals surface area contributed by atoms with E-state index in [0.29, 0.717) is 10.6 Å². The van der Waals surface area contributed by atoms with E-state index >= 15 is 0 Å². The van der Waals surface area contributed by atoms with E-state index in [4.69, 9.17) is 16.7 Å². The van der Waals surface area contributed by atoms with Crippen LogP contribution in [0, 0.1) is 0 Å².